The molecule has 10 nitrogen and oxygen atoms in total. The first-order valence-electron chi connectivity index (χ1n) is 11.4. The minimum atomic E-state index is -0.737. The predicted octanol–water partition coefficient (Wildman–Crippen LogP) is 3.72. The minimum absolute atomic E-state index is 0.0666. The summed E-state index contributed by atoms with van der Waals surface area (Å²) in [5.74, 6) is 0.331. The molecule has 0 saturated heterocycles. The Morgan fingerprint density at radius 3 is 2.66 bits per heavy atom. The Hall–Kier alpha value is -3.76. The van der Waals surface area contributed by atoms with Crippen molar-refractivity contribution in [2.75, 3.05) is 38.4 Å². The third kappa shape index (κ3) is 5.03. The van der Waals surface area contributed by atoms with Crippen molar-refractivity contribution in [3.05, 3.63) is 58.8 Å². The van der Waals surface area contributed by atoms with Gasteiger partial charge >= 0.3 is 0 Å². The van der Waals surface area contributed by atoms with E-state index in [2.05, 4.69) is 50.8 Å². The van der Waals surface area contributed by atoms with E-state index in [4.69, 9.17) is 15.2 Å². The van der Waals surface area contributed by atoms with Gasteiger partial charge in [0.1, 0.15) is 5.75 Å². The largest absolute Gasteiger partial charge is 0.495 e. The Morgan fingerprint density at radius 1 is 1.17 bits per heavy atom. The number of hydrogen-bond acceptors (Lipinski definition) is 9. The Balaban J connectivity index is 1.71. The minimum Gasteiger partial charge on any atom is -0.495 e. The zero-order valence-electron chi connectivity index (χ0n) is 20.6. The van der Waals surface area contributed by atoms with Crippen molar-refractivity contribution < 1.29 is 14.3 Å². The summed E-state index contributed by atoms with van der Waals surface area (Å²) >= 11 is 0. The molecule has 2 aromatic carbocycles. The molecule has 1 amide bonds. The third-order valence-corrected chi connectivity index (χ3v) is 6.48. The van der Waals surface area contributed by atoms with Crippen LogP contribution in [-0.4, -0.2) is 53.8 Å². The second-order valence-corrected chi connectivity index (χ2v) is 8.57. The van der Waals surface area contributed by atoms with E-state index >= 15 is 0 Å². The number of anilines is 4. The van der Waals surface area contributed by atoms with Gasteiger partial charge in [-0.25, -0.2) is 0 Å². The molecule has 3 aromatic rings. The van der Waals surface area contributed by atoms with Gasteiger partial charge in [0.2, 0.25) is 5.95 Å². The molecule has 0 bridgehead atoms. The number of hydrogen-bond donors (Lipinski definition) is 3. The van der Waals surface area contributed by atoms with Gasteiger partial charge in [-0.2, -0.15) is 4.98 Å². The molecule has 0 spiro atoms. The molecule has 35 heavy (non-hydrogen) atoms. The van der Waals surface area contributed by atoms with E-state index in [1.54, 1.807) is 14.2 Å². The summed E-state index contributed by atoms with van der Waals surface area (Å²) in [7, 11) is 5.37. The van der Waals surface area contributed by atoms with Crippen LogP contribution in [0.25, 0.3) is 0 Å². The lowest BCUT2D eigenvalue weighted by atomic mass is 9.93. The smallest absolute Gasteiger partial charge is 0.273 e. The van der Waals surface area contributed by atoms with Gasteiger partial charge < -0.3 is 25.8 Å². The van der Waals surface area contributed by atoms with E-state index in [-0.39, 0.29) is 29.6 Å². The van der Waals surface area contributed by atoms with Crippen LogP contribution in [0.5, 0.6) is 5.75 Å². The summed E-state index contributed by atoms with van der Waals surface area (Å²) < 4.78 is 11.1. The molecule has 2 heterocycles. The molecule has 1 aromatic heterocycles. The molecule has 4 N–H and O–H groups in total. The number of primary amides is 1. The molecule has 184 valence electrons. The number of benzene rings is 2. The molecular formula is C25H31N7O3. The first-order valence-corrected chi connectivity index (χ1v) is 11.4. The molecule has 4 rings (SSSR count). The first kappa shape index (κ1) is 24.4. The van der Waals surface area contributed by atoms with E-state index in [1.165, 1.54) is 11.1 Å². The third-order valence-electron chi connectivity index (χ3n) is 6.48. The maximum atomic E-state index is 12.1. The second kappa shape index (κ2) is 10.2. The van der Waals surface area contributed by atoms with Gasteiger partial charge in [0.25, 0.3) is 5.91 Å². The number of fused-ring (bicyclic) bond motifs is 1. The summed E-state index contributed by atoms with van der Waals surface area (Å²) in [5, 5.41) is 14.5. The lowest BCUT2D eigenvalue weighted by molar-refractivity contribution is 0.0995. The Kier molecular flexibility index (Phi) is 7.13. The fourth-order valence-electron chi connectivity index (χ4n) is 4.21. The summed E-state index contributed by atoms with van der Waals surface area (Å²) in [4.78, 5) is 18.9. The highest BCUT2D eigenvalue weighted by molar-refractivity contribution is 5.96. The highest BCUT2D eigenvalue weighted by Gasteiger charge is 2.24. The van der Waals surface area contributed by atoms with Gasteiger partial charge in [0.05, 0.1) is 18.9 Å². The van der Waals surface area contributed by atoms with Crippen LogP contribution < -0.4 is 21.1 Å². The molecule has 0 saturated carbocycles. The number of carbonyl (C=O) groups is 1. The summed E-state index contributed by atoms with van der Waals surface area (Å²) in [6, 6.07) is 12.0. The number of para-hydroxylation sites is 1. The number of likely N-dealkylation sites (N-methyl/N-ethyl adjacent to an activating group) is 1. The number of carbonyl (C=O) groups excluding carboxylic acids is 1. The standard InChI is InChI=1S/C25H31N7O3/c1-14-18-13-20(21(35-5)12-16(18)10-11-32(14)3)28-25-29-24(22(23(26)33)30-31-25)27-19-9-7-6-8-17(19)15(2)34-4/h6-9,12-15H,10-11H2,1-5H3,(H2,26,33)(H2,27,28,29,31). The Bertz CT molecular complexity index is 1230. The first-order chi connectivity index (χ1) is 16.8. The zero-order valence-corrected chi connectivity index (χ0v) is 20.6. The van der Waals surface area contributed by atoms with E-state index in [0.29, 0.717) is 11.4 Å². The average molecular weight is 478 g/mol. The topological polar surface area (TPSA) is 128 Å². The average Bonchev–Trinajstić information content (AvgIpc) is 2.86. The molecule has 2 atom stereocenters. The van der Waals surface area contributed by atoms with Gasteiger partial charge in [0, 0.05) is 30.9 Å². The van der Waals surface area contributed by atoms with Crippen LogP contribution in [0.2, 0.25) is 0 Å². The van der Waals surface area contributed by atoms with Crippen LogP contribution in [-0.2, 0) is 11.2 Å². The van der Waals surface area contributed by atoms with Gasteiger partial charge in [-0.3, -0.25) is 9.69 Å². The molecule has 0 aliphatic carbocycles. The Labute approximate surface area is 204 Å². The quantitative estimate of drug-likeness (QED) is 0.445. The van der Waals surface area contributed by atoms with Gasteiger partial charge in [-0.05, 0) is 56.6 Å². The maximum absolute atomic E-state index is 12.1. The fraction of sp³-hybridized carbons (Fsp3) is 0.360. The number of methoxy groups -OCH3 is 2. The van der Waals surface area contributed by atoms with Gasteiger partial charge in [-0.15, -0.1) is 10.2 Å². The van der Waals surface area contributed by atoms with Crippen LogP contribution in [0.4, 0.5) is 23.1 Å². The SMILES string of the molecule is COc1cc2c(cc1Nc1nnc(C(N)=O)c(Nc3ccccc3C(C)OC)n1)C(C)N(C)CC2. The monoisotopic (exact) mass is 477 g/mol. The van der Waals surface area contributed by atoms with Crippen LogP contribution in [0.15, 0.2) is 36.4 Å². The number of ether oxygens (including phenoxy) is 2. The number of nitrogens with one attached hydrogen (secondary N) is 2. The molecular weight excluding hydrogens is 446 g/mol. The van der Waals surface area contributed by atoms with Crippen LogP contribution in [0, 0.1) is 0 Å². The van der Waals surface area contributed by atoms with Crippen molar-refractivity contribution in [1.29, 1.82) is 0 Å². The van der Waals surface area contributed by atoms with Crippen LogP contribution >= 0.6 is 0 Å². The van der Waals surface area contributed by atoms with Gasteiger partial charge in [-0.1, -0.05) is 18.2 Å². The number of rotatable bonds is 8. The highest BCUT2D eigenvalue weighted by Crippen LogP contribution is 2.37. The van der Waals surface area contributed by atoms with Crippen molar-refractivity contribution in [1.82, 2.24) is 20.1 Å². The summed E-state index contributed by atoms with van der Waals surface area (Å²) in [6.07, 6.45) is 0.772. The highest BCUT2D eigenvalue weighted by atomic mass is 16.5. The van der Waals surface area contributed by atoms with E-state index < -0.39 is 5.91 Å². The normalized spacial score (nSPS) is 16.3. The van der Waals surface area contributed by atoms with Crippen LogP contribution in [0.1, 0.15) is 53.2 Å². The molecule has 10 heteroatoms. The Morgan fingerprint density at radius 2 is 1.94 bits per heavy atom. The van der Waals surface area contributed by atoms with E-state index in [9.17, 15) is 4.79 Å². The second-order valence-electron chi connectivity index (χ2n) is 8.57. The van der Waals surface area contributed by atoms with E-state index in [1.807, 2.05) is 37.3 Å². The van der Waals surface area contributed by atoms with E-state index in [0.717, 1.165) is 24.2 Å². The maximum Gasteiger partial charge on any atom is 0.273 e. The molecule has 2 unspecified atom stereocenters. The van der Waals surface area contributed by atoms with Crippen molar-refractivity contribution in [2.24, 2.45) is 5.73 Å². The molecule has 0 fully saturated rings. The number of nitrogens with zero attached hydrogens (tertiary/aromatic N) is 4. The molecule has 1 aliphatic heterocycles. The molecule has 1 aliphatic rings. The number of nitrogens with two attached hydrogens (primary N) is 1. The van der Waals surface area contributed by atoms with Crippen molar-refractivity contribution in [2.45, 2.75) is 32.4 Å². The van der Waals surface area contributed by atoms with Crippen molar-refractivity contribution in [3.8, 4) is 5.75 Å². The predicted molar refractivity (Wildman–Crippen MR) is 135 cm³/mol. The summed E-state index contributed by atoms with van der Waals surface area (Å²) in [5.41, 5.74) is 10.3. The lowest BCUT2D eigenvalue weighted by Crippen LogP contribution is -2.30. The lowest BCUT2D eigenvalue weighted by Gasteiger charge is -2.32. The number of amides is 1. The van der Waals surface area contributed by atoms with Crippen molar-refractivity contribution >= 4 is 29.0 Å². The number of aromatic nitrogens is 3. The summed E-state index contributed by atoms with van der Waals surface area (Å²) in [6.45, 7) is 5.10. The van der Waals surface area contributed by atoms with Crippen molar-refractivity contribution in [3.63, 3.8) is 0 Å². The van der Waals surface area contributed by atoms with Gasteiger partial charge in [0.15, 0.2) is 11.5 Å². The zero-order chi connectivity index (χ0) is 25.1. The molecule has 0 radical (unpaired) electrons. The van der Waals surface area contributed by atoms with Crippen LogP contribution in [0.3, 0.4) is 0 Å². The fourth-order valence-corrected chi connectivity index (χ4v) is 4.21.